The summed E-state index contributed by atoms with van der Waals surface area (Å²) in [5.74, 6) is -0.238. The lowest BCUT2D eigenvalue weighted by molar-refractivity contribution is -0.139. The fraction of sp³-hybridized carbons (Fsp3) is 0.375. The summed E-state index contributed by atoms with van der Waals surface area (Å²) in [5, 5.41) is 3.83. The van der Waals surface area contributed by atoms with Crippen LogP contribution in [0.2, 0.25) is 10.0 Å². The van der Waals surface area contributed by atoms with E-state index in [0.717, 1.165) is 36.4 Å². The summed E-state index contributed by atoms with van der Waals surface area (Å²) in [6.07, 6.45) is 4.93. The highest BCUT2D eigenvalue weighted by atomic mass is 35.5. The molecule has 236 valence electrons. The van der Waals surface area contributed by atoms with Gasteiger partial charge in [-0.2, -0.15) is 0 Å². The SMILES string of the molecule is COc1ccc(N(CC(=O)N(Cc2ccc(Cl)cc2Cl)[C@@H](C)C(=O)NC2CCCCC2)S(=O)(=O)c2ccccc2)cc1OC. The summed E-state index contributed by atoms with van der Waals surface area (Å²) in [6, 6.07) is 16.4. The summed E-state index contributed by atoms with van der Waals surface area (Å²) in [6.45, 7) is 0.991. The van der Waals surface area contributed by atoms with E-state index in [1.807, 2.05) is 0 Å². The maximum atomic E-state index is 14.2. The quantitative estimate of drug-likeness (QED) is 0.253. The number of nitrogens with one attached hydrogen (secondary N) is 1. The van der Waals surface area contributed by atoms with Crippen LogP contribution in [0.15, 0.2) is 71.6 Å². The first-order valence-corrected chi connectivity index (χ1v) is 16.6. The number of rotatable bonds is 12. The number of anilines is 1. The minimum atomic E-state index is -4.24. The maximum absolute atomic E-state index is 14.2. The second-order valence-corrected chi connectivity index (χ2v) is 13.3. The van der Waals surface area contributed by atoms with E-state index >= 15 is 0 Å². The molecule has 0 spiro atoms. The van der Waals surface area contributed by atoms with Crippen molar-refractivity contribution in [3.05, 3.63) is 82.3 Å². The molecule has 0 heterocycles. The van der Waals surface area contributed by atoms with Crippen LogP contribution in [0, 0.1) is 0 Å². The molecule has 4 rings (SSSR count). The normalized spacial score (nSPS) is 14.4. The molecule has 1 N–H and O–H groups in total. The Morgan fingerprint density at radius 2 is 1.61 bits per heavy atom. The molecule has 0 aromatic heterocycles. The van der Waals surface area contributed by atoms with Gasteiger partial charge in [-0.05, 0) is 61.7 Å². The lowest BCUT2D eigenvalue weighted by atomic mass is 9.95. The van der Waals surface area contributed by atoms with Crippen molar-refractivity contribution in [3.8, 4) is 11.5 Å². The number of carbonyl (C=O) groups is 2. The molecular formula is C32H37Cl2N3O6S. The first-order chi connectivity index (χ1) is 21.0. The Hall–Kier alpha value is -3.47. The third kappa shape index (κ3) is 7.97. The number of hydrogen-bond donors (Lipinski definition) is 1. The molecule has 12 heteroatoms. The van der Waals surface area contributed by atoms with Crippen molar-refractivity contribution in [2.75, 3.05) is 25.1 Å². The molecule has 9 nitrogen and oxygen atoms in total. The van der Waals surface area contributed by atoms with Gasteiger partial charge in [-0.15, -0.1) is 0 Å². The molecule has 3 aromatic carbocycles. The second-order valence-electron chi connectivity index (χ2n) is 10.6. The number of methoxy groups -OCH3 is 2. The second kappa shape index (κ2) is 15.0. The monoisotopic (exact) mass is 661 g/mol. The predicted molar refractivity (Wildman–Crippen MR) is 172 cm³/mol. The van der Waals surface area contributed by atoms with Gasteiger partial charge in [-0.25, -0.2) is 8.42 Å². The van der Waals surface area contributed by atoms with E-state index in [0.29, 0.717) is 21.4 Å². The lowest BCUT2D eigenvalue weighted by Gasteiger charge is -2.33. The van der Waals surface area contributed by atoms with E-state index in [2.05, 4.69) is 5.32 Å². The fourth-order valence-electron chi connectivity index (χ4n) is 5.21. The molecule has 1 aliphatic carbocycles. The number of benzene rings is 3. The molecule has 0 unspecified atom stereocenters. The van der Waals surface area contributed by atoms with Crippen LogP contribution < -0.4 is 19.1 Å². The van der Waals surface area contributed by atoms with E-state index in [1.54, 1.807) is 49.4 Å². The zero-order valence-electron chi connectivity index (χ0n) is 25.0. The van der Waals surface area contributed by atoms with E-state index in [-0.39, 0.29) is 34.8 Å². The first kappa shape index (κ1) is 33.4. The van der Waals surface area contributed by atoms with E-state index in [9.17, 15) is 18.0 Å². The highest BCUT2D eigenvalue weighted by Gasteiger charge is 2.34. The van der Waals surface area contributed by atoms with Crippen molar-refractivity contribution >= 4 is 50.7 Å². The van der Waals surface area contributed by atoms with Gasteiger partial charge >= 0.3 is 0 Å². The first-order valence-electron chi connectivity index (χ1n) is 14.4. The summed E-state index contributed by atoms with van der Waals surface area (Å²) in [5.41, 5.74) is 0.744. The van der Waals surface area contributed by atoms with E-state index in [4.69, 9.17) is 32.7 Å². The molecule has 1 atom stereocenters. The van der Waals surface area contributed by atoms with Gasteiger partial charge in [0, 0.05) is 28.7 Å². The minimum Gasteiger partial charge on any atom is -0.493 e. The average Bonchev–Trinajstić information content (AvgIpc) is 3.03. The van der Waals surface area contributed by atoms with Crippen molar-refractivity contribution in [3.63, 3.8) is 0 Å². The largest absolute Gasteiger partial charge is 0.493 e. The molecule has 2 amide bonds. The summed E-state index contributed by atoms with van der Waals surface area (Å²) < 4.78 is 39.8. The Bertz CT molecular complexity index is 1570. The number of amides is 2. The highest BCUT2D eigenvalue weighted by Crippen LogP contribution is 2.34. The summed E-state index contributed by atoms with van der Waals surface area (Å²) >= 11 is 12.6. The third-order valence-corrected chi connectivity index (χ3v) is 10.1. The van der Waals surface area contributed by atoms with Gasteiger partial charge in [0.1, 0.15) is 12.6 Å². The molecule has 44 heavy (non-hydrogen) atoms. The lowest BCUT2D eigenvalue weighted by Crippen LogP contribution is -2.53. The van der Waals surface area contributed by atoms with Crippen LogP contribution in [0.25, 0.3) is 0 Å². The van der Waals surface area contributed by atoms with Gasteiger partial charge in [0.2, 0.25) is 11.8 Å². The number of carbonyl (C=O) groups excluding carboxylic acids is 2. The fourth-order valence-corrected chi connectivity index (χ4v) is 7.11. The van der Waals surface area contributed by atoms with Crippen LogP contribution in [0.4, 0.5) is 5.69 Å². The number of sulfonamides is 1. The predicted octanol–water partition coefficient (Wildman–Crippen LogP) is 6.07. The van der Waals surface area contributed by atoms with Crippen LogP contribution >= 0.6 is 23.2 Å². The Morgan fingerprint density at radius 3 is 2.25 bits per heavy atom. The van der Waals surface area contributed by atoms with Gasteiger partial charge in [0.15, 0.2) is 11.5 Å². The molecule has 1 saturated carbocycles. The summed E-state index contributed by atoms with van der Waals surface area (Å²) in [4.78, 5) is 29.1. The van der Waals surface area contributed by atoms with Crippen molar-refractivity contribution in [1.82, 2.24) is 10.2 Å². The van der Waals surface area contributed by atoms with Crippen molar-refractivity contribution in [1.29, 1.82) is 0 Å². The number of nitrogens with zero attached hydrogens (tertiary/aromatic N) is 2. The molecule has 0 aliphatic heterocycles. The molecule has 0 saturated heterocycles. The summed E-state index contributed by atoms with van der Waals surface area (Å²) in [7, 11) is -1.33. The minimum absolute atomic E-state index is 0.00188. The van der Waals surface area contributed by atoms with E-state index < -0.39 is 28.5 Å². The van der Waals surface area contributed by atoms with Crippen LogP contribution in [0.3, 0.4) is 0 Å². The van der Waals surface area contributed by atoms with Gasteiger partial charge in [0.05, 0.1) is 24.8 Å². The van der Waals surface area contributed by atoms with Crippen LogP contribution in [-0.2, 0) is 26.2 Å². The third-order valence-electron chi connectivity index (χ3n) is 7.74. The Labute approximate surface area is 269 Å². The molecule has 0 bridgehead atoms. The zero-order valence-corrected chi connectivity index (χ0v) is 27.3. The molecule has 0 radical (unpaired) electrons. The van der Waals surface area contributed by atoms with Crippen LogP contribution in [0.1, 0.15) is 44.6 Å². The van der Waals surface area contributed by atoms with Crippen LogP contribution in [-0.4, -0.2) is 58.0 Å². The highest BCUT2D eigenvalue weighted by molar-refractivity contribution is 7.92. The van der Waals surface area contributed by atoms with Crippen molar-refractivity contribution in [2.24, 2.45) is 0 Å². The van der Waals surface area contributed by atoms with E-state index in [1.165, 1.54) is 43.4 Å². The number of halogens is 2. The standard InChI is InChI=1S/C32H37Cl2N3O6S/c1-22(32(39)35-25-10-6-4-7-11-25)36(20-23-14-15-24(33)18-28(23)34)31(38)21-37(44(40,41)27-12-8-5-9-13-27)26-16-17-29(42-2)30(19-26)43-3/h5,8-9,12-19,22,25H,4,6-7,10-11,20-21H2,1-3H3,(H,35,39)/t22-/m0/s1. The molecule has 3 aromatic rings. The molecule has 1 fully saturated rings. The van der Waals surface area contributed by atoms with Gasteiger partial charge < -0.3 is 19.7 Å². The molecule has 1 aliphatic rings. The van der Waals surface area contributed by atoms with Gasteiger partial charge in [-0.1, -0.05) is 66.7 Å². The van der Waals surface area contributed by atoms with Crippen LogP contribution in [0.5, 0.6) is 11.5 Å². The van der Waals surface area contributed by atoms with Gasteiger partial charge in [0.25, 0.3) is 10.0 Å². The number of hydrogen-bond acceptors (Lipinski definition) is 6. The zero-order chi connectivity index (χ0) is 31.9. The van der Waals surface area contributed by atoms with Crippen molar-refractivity contribution in [2.45, 2.75) is 62.6 Å². The Morgan fingerprint density at radius 1 is 0.932 bits per heavy atom. The number of ether oxygens (including phenoxy) is 2. The smallest absolute Gasteiger partial charge is 0.264 e. The molecular weight excluding hydrogens is 625 g/mol. The average molecular weight is 663 g/mol. The van der Waals surface area contributed by atoms with Gasteiger partial charge in [-0.3, -0.25) is 13.9 Å². The Balaban J connectivity index is 1.73. The Kier molecular flexibility index (Phi) is 11.4. The maximum Gasteiger partial charge on any atom is 0.264 e. The topological polar surface area (TPSA) is 105 Å². The van der Waals surface area contributed by atoms with Crippen molar-refractivity contribution < 1.29 is 27.5 Å².